The van der Waals surface area contributed by atoms with Crippen LogP contribution in [0, 0.1) is 0 Å². The normalized spacial score (nSPS) is 18.5. The molecule has 0 bridgehead atoms. The van der Waals surface area contributed by atoms with Gasteiger partial charge in [-0.2, -0.15) is 0 Å². The van der Waals surface area contributed by atoms with Crippen LogP contribution >= 0.6 is 24.0 Å². The topological polar surface area (TPSA) is 12.5 Å². The van der Waals surface area contributed by atoms with E-state index in [9.17, 15) is 0 Å². The van der Waals surface area contributed by atoms with Gasteiger partial charge in [0.25, 0.3) is 0 Å². The molecule has 1 saturated heterocycles. The number of hydrogen-bond donors (Lipinski definition) is 0. The lowest BCUT2D eigenvalue weighted by Crippen LogP contribution is -2.23. The summed E-state index contributed by atoms with van der Waals surface area (Å²) in [6.45, 7) is 3.82. The van der Waals surface area contributed by atoms with Gasteiger partial charge in [-0.15, -0.1) is 0 Å². The molecule has 0 aromatic carbocycles. The fraction of sp³-hybridized carbons (Fsp3) is 0.833. The Kier molecular flexibility index (Phi) is 3.45. The molecule has 0 atom stereocenters. The highest BCUT2D eigenvalue weighted by Crippen LogP contribution is 2.17. The number of thioether (sulfide) groups is 1. The molecule has 0 aromatic rings. The zero-order valence-corrected chi connectivity index (χ0v) is 7.63. The van der Waals surface area contributed by atoms with Crippen molar-refractivity contribution >= 4 is 28.3 Å². The lowest BCUT2D eigenvalue weighted by atomic mass is 10.5. The Balaban J connectivity index is 2.20. The molecule has 0 saturated carbocycles. The maximum atomic E-state index is 5.34. The summed E-state index contributed by atoms with van der Waals surface area (Å²) in [5, 5.41) is 1.81. The maximum Gasteiger partial charge on any atom is 0.160 e. The van der Waals surface area contributed by atoms with Crippen LogP contribution < -0.4 is 0 Å². The first kappa shape index (κ1) is 8.30. The van der Waals surface area contributed by atoms with E-state index in [-0.39, 0.29) is 0 Å². The van der Waals surface area contributed by atoms with E-state index >= 15 is 0 Å². The molecule has 1 rings (SSSR count). The van der Waals surface area contributed by atoms with Crippen molar-refractivity contribution in [2.24, 2.45) is 0 Å². The van der Waals surface area contributed by atoms with E-state index in [1.807, 2.05) is 5.06 Å². The molecular weight excluding hydrogens is 166 g/mol. The third-order valence-electron chi connectivity index (χ3n) is 1.17. The minimum atomic E-state index is 0.778. The van der Waals surface area contributed by atoms with Crippen molar-refractivity contribution in [3.63, 3.8) is 0 Å². The summed E-state index contributed by atoms with van der Waals surface area (Å²) in [6.07, 6.45) is 1.05. The van der Waals surface area contributed by atoms with Crippen molar-refractivity contribution in [3.05, 3.63) is 0 Å². The van der Waals surface area contributed by atoms with Gasteiger partial charge in [0.1, 0.15) is 0 Å². The average molecular weight is 177 g/mol. The van der Waals surface area contributed by atoms with E-state index in [2.05, 4.69) is 6.92 Å². The Morgan fingerprint density at radius 2 is 2.60 bits per heavy atom. The van der Waals surface area contributed by atoms with Gasteiger partial charge in [-0.3, -0.25) is 4.84 Å². The first-order valence-electron chi connectivity index (χ1n) is 3.42. The molecule has 0 unspecified atom stereocenters. The largest absolute Gasteiger partial charge is 0.272 e. The lowest BCUT2D eigenvalue weighted by molar-refractivity contribution is -0.0873. The monoisotopic (exact) mass is 177 g/mol. The third-order valence-corrected chi connectivity index (χ3v) is 2.57. The average Bonchev–Trinajstić information content (AvgIpc) is 2.31. The summed E-state index contributed by atoms with van der Waals surface area (Å²) in [7, 11) is 0. The minimum Gasteiger partial charge on any atom is -0.272 e. The van der Waals surface area contributed by atoms with Gasteiger partial charge in [-0.1, -0.05) is 30.9 Å². The van der Waals surface area contributed by atoms with Crippen LogP contribution in [0.3, 0.4) is 0 Å². The molecule has 0 radical (unpaired) electrons. The van der Waals surface area contributed by atoms with Crippen molar-refractivity contribution in [2.75, 3.05) is 18.9 Å². The zero-order valence-electron chi connectivity index (χ0n) is 6.00. The Bertz CT molecular complexity index is 129. The standard InChI is InChI=1S/C6H11NOS2/c1-2-4-8-7-3-5-10-6(7)9/h2-5H2,1H3. The predicted molar refractivity (Wildman–Crippen MR) is 48.0 cm³/mol. The molecule has 0 N–H and O–H groups in total. The highest BCUT2D eigenvalue weighted by molar-refractivity contribution is 8.23. The van der Waals surface area contributed by atoms with Gasteiger partial charge in [-0.25, -0.2) is 5.06 Å². The molecule has 1 heterocycles. The van der Waals surface area contributed by atoms with Crippen molar-refractivity contribution in [1.29, 1.82) is 0 Å². The highest BCUT2D eigenvalue weighted by atomic mass is 32.2. The summed E-state index contributed by atoms with van der Waals surface area (Å²) in [5.74, 6) is 1.07. The molecular formula is C6H11NOS2. The van der Waals surface area contributed by atoms with Gasteiger partial charge in [0.15, 0.2) is 4.32 Å². The van der Waals surface area contributed by atoms with Crippen LogP contribution in [0.25, 0.3) is 0 Å². The quantitative estimate of drug-likeness (QED) is 0.608. The Morgan fingerprint density at radius 1 is 1.80 bits per heavy atom. The first-order chi connectivity index (χ1) is 4.84. The minimum absolute atomic E-state index is 0.778. The molecule has 0 aliphatic carbocycles. The molecule has 58 valence electrons. The Hall–Kier alpha value is 0.200. The summed E-state index contributed by atoms with van der Waals surface area (Å²) >= 11 is 6.71. The van der Waals surface area contributed by atoms with Crippen LogP contribution in [0.1, 0.15) is 13.3 Å². The maximum absolute atomic E-state index is 5.34. The molecule has 0 aromatic heterocycles. The number of rotatable bonds is 3. The van der Waals surface area contributed by atoms with E-state index in [1.165, 1.54) is 0 Å². The SMILES string of the molecule is CCCON1CCSC1=S. The molecule has 1 aliphatic rings. The lowest BCUT2D eigenvalue weighted by Gasteiger charge is -2.14. The smallest absolute Gasteiger partial charge is 0.160 e. The van der Waals surface area contributed by atoms with Crippen molar-refractivity contribution in [1.82, 2.24) is 5.06 Å². The zero-order chi connectivity index (χ0) is 7.40. The molecule has 1 fully saturated rings. The Morgan fingerprint density at radius 3 is 3.10 bits per heavy atom. The molecule has 4 heteroatoms. The number of hydroxylamine groups is 2. The van der Waals surface area contributed by atoms with Gasteiger partial charge in [-0.05, 0) is 6.42 Å². The van der Waals surface area contributed by atoms with Gasteiger partial charge in [0, 0.05) is 5.75 Å². The van der Waals surface area contributed by atoms with E-state index < -0.39 is 0 Å². The van der Waals surface area contributed by atoms with Gasteiger partial charge in [0.2, 0.25) is 0 Å². The van der Waals surface area contributed by atoms with Crippen molar-refractivity contribution < 1.29 is 4.84 Å². The summed E-state index contributed by atoms with van der Waals surface area (Å²) in [5.41, 5.74) is 0. The molecule has 0 spiro atoms. The highest BCUT2D eigenvalue weighted by Gasteiger charge is 2.17. The summed E-state index contributed by atoms with van der Waals surface area (Å²) in [4.78, 5) is 5.34. The molecule has 10 heavy (non-hydrogen) atoms. The van der Waals surface area contributed by atoms with Crippen molar-refractivity contribution in [3.8, 4) is 0 Å². The second-order valence-corrected chi connectivity index (χ2v) is 3.78. The van der Waals surface area contributed by atoms with Crippen molar-refractivity contribution in [2.45, 2.75) is 13.3 Å². The van der Waals surface area contributed by atoms with Crippen LogP contribution in [-0.2, 0) is 4.84 Å². The summed E-state index contributed by atoms with van der Waals surface area (Å²) in [6, 6.07) is 0. The van der Waals surface area contributed by atoms with Crippen LogP contribution in [0.2, 0.25) is 0 Å². The molecule has 0 amide bonds. The first-order valence-corrected chi connectivity index (χ1v) is 4.81. The second-order valence-electron chi connectivity index (χ2n) is 2.05. The fourth-order valence-corrected chi connectivity index (χ4v) is 1.81. The number of thiocarbonyl (C=S) groups is 1. The van der Waals surface area contributed by atoms with E-state index in [4.69, 9.17) is 17.1 Å². The number of hydrogen-bond acceptors (Lipinski definition) is 3. The third kappa shape index (κ3) is 2.11. The molecule has 2 nitrogen and oxygen atoms in total. The van der Waals surface area contributed by atoms with Gasteiger partial charge < -0.3 is 0 Å². The second kappa shape index (κ2) is 4.16. The van der Waals surface area contributed by atoms with Gasteiger partial charge in [0.05, 0.1) is 13.2 Å². The summed E-state index contributed by atoms with van der Waals surface area (Å²) < 4.78 is 0.883. The van der Waals surface area contributed by atoms with Crippen LogP contribution in [0.5, 0.6) is 0 Å². The molecule has 1 aliphatic heterocycles. The van der Waals surface area contributed by atoms with E-state index in [1.54, 1.807) is 11.8 Å². The van der Waals surface area contributed by atoms with Gasteiger partial charge >= 0.3 is 0 Å². The Labute approximate surface area is 70.9 Å². The van der Waals surface area contributed by atoms with E-state index in [0.717, 1.165) is 29.6 Å². The van der Waals surface area contributed by atoms with Crippen LogP contribution in [0.15, 0.2) is 0 Å². The number of nitrogens with zero attached hydrogens (tertiary/aromatic N) is 1. The predicted octanol–water partition coefficient (Wildman–Crippen LogP) is 1.66. The van der Waals surface area contributed by atoms with Crippen LogP contribution in [0.4, 0.5) is 0 Å². The fourth-order valence-electron chi connectivity index (χ4n) is 0.698. The van der Waals surface area contributed by atoms with Crippen LogP contribution in [-0.4, -0.2) is 28.3 Å². The van der Waals surface area contributed by atoms with E-state index in [0.29, 0.717) is 0 Å².